The molecule has 1 atom stereocenters. The number of amides is 2. The predicted molar refractivity (Wildman–Crippen MR) is 117 cm³/mol. The van der Waals surface area contributed by atoms with Crippen molar-refractivity contribution in [2.45, 2.75) is 18.9 Å². The molecular formula is C24H23FN4O2. The van der Waals surface area contributed by atoms with Crippen molar-refractivity contribution in [2.24, 2.45) is 7.05 Å². The molecule has 0 bridgehead atoms. The summed E-state index contributed by atoms with van der Waals surface area (Å²) in [5, 5.41) is 2.94. The number of anilines is 1. The van der Waals surface area contributed by atoms with Gasteiger partial charge in [0.2, 0.25) is 11.8 Å². The van der Waals surface area contributed by atoms with Gasteiger partial charge in [-0.25, -0.2) is 9.37 Å². The third-order valence-corrected chi connectivity index (χ3v) is 5.31. The van der Waals surface area contributed by atoms with E-state index in [1.165, 1.54) is 18.2 Å². The van der Waals surface area contributed by atoms with Gasteiger partial charge in [0, 0.05) is 44.2 Å². The number of nitrogens with one attached hydrogen (secondary N) is 1. The van der Waals surface area contributed by atoms with Crippen LogP contribution in [0.1, 0.15) is 35.8 Å². The van der Waals surface area contributed by atoms with E-state index in [-0.39, 0.29) is 17.6 Å². The zero-order valence-electron chi connectivity index (χ0n) is 17.2. The molecular weight excluding hydrogens is 395 g/mol. The van der Waals surface area contributed by atoms with Crippen LogP contribution in [-0.4, -0.2) is 27.9 Å². The molecule has 0 spiro atoms. The number of hydrogen-bond donors (Lipinski definition) is 1. The highest BCUT2D eigenvalue weighted by molar-refractivity contribution is 5.95. The Morgan fingerprint density at radius 3 is 2.52 bits per heavy atom. The average molecular weight is 418 g/mol. The minimum Gasteiger partial charge on any atom is -0.339 e. The zero-order chi connectivity index (χ0) is 21.8. The lowest BCUT2D eigenvalue weighted by molar-refractivity contribution is -0.117. The molecule has 6 nitrogen and oxygen atoms in total. The summed E-state index contributed by atoms with van der Waals surface area (Å²) in [6.07, 6.45) is 8.08. The number of hydrogen-bond acceptors (Lipinski definition) is 3. The Bertz CT molecular complexity index is 1100. The van der Waals surface area contributed by atoms with Crippen LogP contribution in [0.25, 0.3) is 6.08 Å². The lowest BCUT2D eigenvalue weighted by Crippen LogP contribution is -2.29. The molecule has 2 amide bonds. The molecule has 2 aromatic carbocycles. The van der Waals surface area contributed by atoms with Gasteiger partial charge in [0.05, 0.1) is 0 Å². The van der Waals surface area contributed by atoms with E-state index < -0.39 is 6.04 Å². The molecule has 2 heterocycles. The Kier molecular flexibility index (Phi) is 5.93. The van der Waals surface area contributed by atoms with Crippen molar-refractivity contribution in [3.05, 3.63) is 89.8 Å². The molecule has 1 unspecified atom stereocenters. The van der Waals surface area contributed by atoms with E-state index >= 15 is 0 Å². The van der Waals surface area contributed by atoms with Crippen LogP contribution in [0.15, 0.2) is 67.0 Å². The van der Waals surface area contributed by atoms with E-state index in [0.29, 0.717) is 12.2 Å². The summed E-state index contributed by atoms with van der Waals surface area (Å²) in [5.74, 6) is 0.153. The highest BCUT2D eigenvalue weighted by atomic mass is 19.1. The third-order valence-electron chi connectivity index (χ3n) is 5.31. The van der Waals surface area contributed by atoms with E-state index in [9.17, 15) is 14.0 Å². The molecule has 1 aliphatic heterocycles. The highest BCUT2D eigenvalue weighted by Crippen LogP contribution is 2.23. The van der Waals surface area contributed by atoms with Crippen LogP contribution < -0.4 is 10.2 Å². The fourth-order valence-corrected chi connectivity index (χ4v) is 3.66. The first-order valence-electron chi connectivity index (χ1n) is 10.1. The summed E-state index contributed by atoms with van der Waals surface area (Å²) in [7, 11) is 1.84. The molecule has 0 saturated carbocycles. The Hall–Kier alpha value is -3.74. The predicted octanol–water partition coefficient (Wildman–Crippen LogP) is 3.61. The molecule has 1 N–H and O–H groups in total. The quantitative estimate of drug-likeness (QED) is 0.622. The van der Waals surface area contributed by atoms with Gasteiger partial charge in [0.1, 0.15) is 17.7 Å². The van der Waals surface area contributed by atoms with Crippen molar-refractivity contribution >= 4 is 23.6 Å². The van der Waals surface area contributed by atoms with Crippen molar-refractivity contribution in [3.63, 3.8) is 0 Å². The Labute approximate surface area is 180 Å². The van der Waals surface area contributed by atoms with E-state index in [1.807, 2.05) is 35.9 Å². The van der Waals surface area contributed by atoms with Gasteiger partial charge < -0.3 is 14.8 Å². The lowest BCUT2D eigenvalue weighted by Gasteiger charge is -2.18. The first-order valence-corrected chi connectivity index (χ1v) is 10.1. The number of imidazole rings is 1. The van der Waals surface area contributed by atoms with Crippen LogP contribution in [0.4, 0.5) is 10.1 Å². The number of rotatable bonds is 6. The molecule has 1 saturated heterocycles. The standard InChI is InChI=1S/C24H23FN4O2/c1-28-16-14-26-24(28)23(18-7-9-19(25)10-8-18)27-21(30)13-6-17-4-11-20(12-5-17)29-15-2-3-22(29)31/h4-14,16,23H,2-3,15H2,1H3,(H,27,30)/b13-6+. The van der Waals surface area contributed by atoms with Gasteiger partial charge in [-0.05, 0) is 47.9 Å². The van der Waals surface area contributed by atoms with E-state index in [2.05, 4.69) is 10.3 Å². The van der Waals surface area contributed by atoms with Gasteiger partial charge in [-0.2, -0.15) is 0 Å². The molecule has 1 aliphatic rings. The molecule has 1 fully saturated rings. The van der Waals surface area contributed by atoms with Crippen LogP contribution in [0, 0.1) is 5.82 Å². The van der Waals surface area contributed by atoms with Crippen molar-refractivity contribution in [1.82, 2.24) is 14.9 Å². The minimum absolute atomic E-state index is 0.142. The fraction of sp³-hybridized carbons (Fsp3) is 0.208. The Morgan fingerprint density at radius 2 is 1.90 bits per heavy atom. The molecule has 158 valence electrons. The van der Waals surface area contributed by atoms with Crippen LogP contribution in [0.2, 0.25) is 0 Å². The number of aromatic nitrogens is 2. The third kappa shape index (κ3) is 4.71. The maximum absolute atomic E-state index is 13.4. The number of halogens is 1. The van der Waals surface area contributed by atoms with Gasteiger partial charge >= 0.3 is 0 Å². The highest BCUT2D eigenvalue weighted by Gasteiger charge is 2.21. The summed E-state index contributed by atoms with van der Waals surface area (Å²) in [5.41, 5.74) is 2.45. The van der Waals surface area contributed by atoms with Crippen LogP contribution >= 0.6 is 0 Å². The SMILES string of the molecule is Cn1ccnc1C(NC(=O)/C=C/c1ccc(N2CCCC2=O)cc1)c1ccc(F)cc1. The number of carbonyl (C=O) groups excluding carboxylic acids is 2. The van der Waals surface area contributed by atoms with E-state index in [1.54, 1.807) is 35.5 Å². The second-order valence-electron chi connectivity index (χ2n) is 7.46. The average Bonchev–Trinajstić information content (AvgIpc) is 3.39. The number of nitrogens with zero attached hydrogens (tertiary/aromatic N) is 3. The summed E-state index contributed by atoms with van der Waals surface area (Å²) in [6, 6.07) is 13.0. The summed E-state index contributed by atoms with van der Waals surface area (Å²) < 4.78 is 15.2. The van der Waals surface area contributed by atoms with Crippen LogP contribution in [0.5, 0.6) is 0 Å². The van der Waals surface area contributed by atoms with E-state index in [4.69, 9.17) is 0 Å². The Morgan fingerprint density at radius 1 is 1.16 bits per heavy atom. The smallest absolute Gasteiger partial charge is 0.244 e. The normalized spacial score (nSPS) is 14.9. The molecule has 3 aromatic rings. The Balaban J connectivity index is 1.47. The maximum atomic E-state index is 13.4. The molecule has 31 heavy (non-hydrogen) atoms. The maximum Gasteiger partial charge on any atom is 0.244 e. The van der Waals surface area contributed by atoms with Crippen LogP contribution in [0.3, 0.4) is 0 Å². The van der Waals surface area contributed by atoms with E-state index in [0.717, 1.165) is 29.8 Å². The van der Waals surface area contributed by atoms with Crippen LogP contribution in [-0.2, 0) is 16.6 Å². The molecule has 7 heteroatoms. The number of aryl methyl sites for hydroxylation is 1. The molecule has 0 radical (unpaired) electrons. The summed E-state index contributed by atoms with van der Waals surface area (Å²) in [6.45, 7) is 0.744. The topological polar surface area (TPSA) is 67.2 Å². The molecule has 4 rings (SSSR count). The van der Waals surface area contributed by atoms with Gasteiger partial charge in [-0.3, -0.25) is 9.59 Å². The van der Waals surface area contributed by atoms with Crippen molar-refractivity contribution in [3.8, 4) is 0 Å². The lowest BCUT2D eigenvalue weighted by atomic mass is 10.1. The van der Waals surface area contributed by atoms with Gasteiger partial charge in [-0.15, -0.1) is 0 Å². The zero-order valence-corrected chi connectivity index (χ0v) is 17.2. The summed E-state index contributed by atoms with van der Waals surface area (Å²) >= 11 is 0. The van der Waals surface area contributed by atoms with Crippen molar-refractivity contribution < 1.29 is 14.0 Å². The van der Waals surface area contributed by atoms with Gasteiger partial charge in [0.15, 0.2) is 0 Å². The minimum atomic E-state index is -0.513. The van der Waals surface area contributed by atoms with Crippen molar-refractivity contribution in [2.75, 3.05) is 11.4 Å². The second-order valence-corrected chi connectivity index (χ2v) is 7.46. The van der Waals surface area contributed by atoms with Gasteiger partial charge in [-0.1, -0.05) is 24.3 Å². The first-order chi connectivity index (χ1) is 15.0. The number of carbonyl (C=O) groups is 2. The first kappa shape index (κ1) is 20.5. The molecule has 1 aromatic heterocycles. The second kappa shape index (κ2) is 8.95. The van der Waals surface area contributed by atoms with Gasteiger partial charge in [0.25, 0.3) is 0 Å². The van der Waals surface area contributed by atoms with Crippen molar-refractivity contribution in [1.29, 1.82) is 0 Å². The largest absolute Gasteiger partial charge is 0.339 e. The molecule has 0 aliphatic carbocycles. The number of benzene rings is 2. The fourth-order valence-electron chi connectivity index (χ4n) is 3.66. The summed E-state index contributed by atoms with van der Waals surface area (Å²) in [4.78, 5) is 30.6. The monoisotopic (exact) mass is 418 g/mol.